The second-order valence-electron chi connectivity index (χ2n) is 5.26. The first-order valence-corrected chi connectivity index (χ1v) is 6.22. The van der Waals surface area contributed by atoms with Crippen molar-refractivity contribution in [2.75, 3.05) is 13.1 Å². The van der Waals surface area contributed by atoms with Crippen LogP contribution in [0.15, 0.2) is 24.5 Å². The van der Waals surface area contributed by atoms with Crippen molar-refractivity contribution in [1.82, 2.24) is 9.88 Å². The van der Waals surface area contributed by atoms with Gasteiger partial charge >= 0.3 is 6.09 Å². The van der Waals surface area contributed by atoms with Gasteiger partial charge in [0.05, 0.1) is 5.60 Å². The van der Waals surface area contributed by atoms with Crippen LogP contribution in [0, 0.1) is 11.8 Å². The molecule has 1 unspecified atom stereocenters. The van der Waals surface area contributed by atoms with E-state index in [0.29, 0.717) is 19.5 Å². The van der Waals surface area contributed by atoms with E-state index in [1.807, 2.05) is 12.1 Å². The van der Waals surface area contributed by atoms with Crippen LogP contribution in [0.2, 0.25) is 0 Å². The van der Waals surface area contributed by atoms with Crippen molar-refractivity contribution in [1.29, 1.82) is 0 Å². The number of rotatable bonds is 1. The topological polar surface area (TPSA) is 73.7 Å². The molecule has 0 aromatic carbocycles. The highest BCUT2D eigenvalue weighted by atomic mass is 16.4. The van der Waals surface area contributed by atoms with Crippen molar-refractivity contribution < 1.29 is 15.0 Å². The maximum Gasteiger partial charge on any atom is 0.407 e. The number of aliphatic hydroxyl groups is 1. The molecule has 2 N–H and O–H groups in total. The van der Waals surface area contributed by atoms with Gasteiger partial charge in [-0.05, 0) is 24.8 Å². The summed E-state index contributed by atoms with van der Waals surface area (Å²) in [5.41, 5.74) is -0.104. The number of nitrogens with zero attached hydrogens (tertiary/aromatic N) is 2. The van der Waals surface area contributed by atoms with Gasteiger partial charge in [-0.3, -0.25) is 4.98 Å². The van der Waals surface area contributed by atoms with Gasteiger partial charge in [0.15, 0.2) is 0 Å². The van der Waals surface area contributed by atoms with Gasteiger partial charge in [0.25, 0.3) is 0 Å². The summed E-state index contributed by atoms with van der Waals surface area (Å²) < 4.78 is 0. The molecule has 1 saturated heterocycles. The molecule has 1 aromatic heterocycles. The smallest absolute Gasteiger partial charge is 0.407 e. The number of amides is 1. The van der Waals surface area contributed by atoms with Crippen molar-refractivity contribution in [2.45, 2.75) is 18.4 Å². The summed E-state index contributed by atoms with van der Waals surface area (Å²) >= 11 is 0. The van der Waals surface area contributed by atoms with E-state index >= 15 is 0 Å². The third-order valence-electron chi connectivity index (χ3n) is 4.38. The van der Waals surface area contributed by atoms with Gasteiger partial charge in [0.1, 0.15) is 0 Å². The summed E-state index contributed by atoms with van der Waals surface area (Å²) in [6, 6.07) is 3.68. The lowest BCUT2D eigenvalue weighted by Crippen LogP contribution is -2.36. The number of carboxylic acid groups (broad SMARTS) is 1. The highest BCUT2D eigenvalue weighted by Gasteiger charge is 2.53. The Labute approximate surface area is 105 Å². The van der Waals surface area contributed by atoms with E-state index in [9.17, 15) is 9.90 Å². The van der Waals surface area contributed by atoms with E-state index in [1.165, 1.54) is 4.90 Å². The largest absolute Gasteiger partial charge is 0.465 e. The summed E-state index contributed by atoms with van der Waals surface area (Å²) in [5, 5.41) is 19.9. The van der Waals surface area contributed by atoms with E-state index in [2.05, 4.69) is 4.98 Å². The molecule has 3 rings (SSSR count). The van der Waals surface area contributed by atoms with E-state index in [1.54, 1.807) is 12.4 Å². The Balaban J connectivity index is 1.89. The first kappa shape index (κ1) is 11.5. The second-order valence-corrected chi connectivity index (χ2v) is 5.26. The molecule has 1 saturated carbocycles. The molecule has 18 heavy (non-hydrogen) atoms. The lowest BCUT2D eigenvalue weighted by atomic mass is 9.83. The van der Waals surface area contributed by atoms with Gasteiger partial charge < -0.3 is 15.1 Å². The molecule has 1 aliphatic carbocycles. The average Bonchev–Trinajstić information content (AvgIpc) is 2.93. The van der Waals surface area contributed by atoms with Gasteiger partial charge in [-0.25, -0.2) is 4.79 Å². The highest BCUT2D eigenvalue weighted by Crippen LogP contribution is 2.50. The summed E-state index contributed by atoms with van der Waals surface area (Å²) in [5.74, 6) is 0.268. The fourth-order valence-corrected chi connectivity index (χ4v) is 3.43. The van der Waals surface area contributed by atoms with Crippen LogP contribution in [0.4, 0.5) is 4.79 Å². The summed E-state index contributed by atoms with van der Waals surface area (Å²) in [7, 11) is 0. The number of aromatic nitrogens is 1. The highest BCUT2D eigenvalue weighted by molar-refractivity contribution is 5.65. The van der Waals surface area contributed by atoms with Gasteiger partial charge in [-0.15, -0.1) is 0 Å². The van der Waals surface area contributed by atoms with E-state index in [4.69, 9.17) is 5.11 Å². The van der Waals surface area contributed by atoms with Crippen LogP contribution < -0.4 is 0 Å². The van der Waals surface area contributed by atoms with E-state index in [0.717, 1.165) is 12.0 Å². The number of carbonyl (C=O) groups is 1. The summed E-state index contributed by atoms with van der Waals surface area (Å²) in [6.07, 6.45) is 4.04. The number of fused-ring (bicyclic) bond motifs is 1. The van der Waals surface area contributed by atoms with Crippen LogP contribution in [0.1, 0.15) is 18.4 Å². The Kier molecular flexibility index (Phi) is 2.52. The average molecular weight is 248 g/mol. The Morgan fingerprint density at radius 1 is 1.50 bits per heavy atom. The fraction of sp³-hybridized carbons (Fsp3) is 0.538. The SMILES string of the molecule is O=C(O)N1C[C@H]2CCC(O)(c3cccnc3)[C@H]2C1. The molecule has 1 aliphatic heterocycles. The molecular weight excluding hydrogens is 232 g/mol. The lowest BCUT2D eigenvalue weighted by molar-refractivity contribution is -0.00610. The third kappa shape index (κ3) is 1.58. The minimum Gasteiger partial charge on any atom is -0.465 e. The Bertz CT molecular complexity index is 465. The zero-order valence-corrected chi connectivity index (χ0v) is 9.99. The Hall–Kier alpha value is -1.62. The number of hydrogen-bond acceptors (Lipinski definition) is 3. The standard InChI is InChI=1S/C13H16N2O3/c16-12(17)15-7-9-3-4-13(18,11(9)8-15)10-2-1-5-14-6-10/h1-2,5-6,9,11,18H,3-4,7-8H2,(H,16,17)/t9-,11+,13?/m1/s1. The molecule has 0 bridgehead atoms. The van der Waals surface area contributed by atoms with Crippen LogP contribution >= 0.6 is 0 Å². The van der Waals surface area contributed by atoms with Crippen LogP contribution in [-0.2, 0) is 5.60 Å². The molecule has 1 amide bonds. The number of pyridine rings is 1. The predicted molar refractivity (Wildman–Crippen MR) is 63.9 cm³/mol. The van der Waals surface area contributed by atoms with Crippen molar-refractivity contribution >= 4 is 6.09 Å². The fourth-order valence-electron chi connectivity index (χ4n) is 3.43. The molecular formula is C13H16N2O3. The van der Waals surface area contributed by atoms with Crippen molar-refractivity contribution in [3.8, 4) is 0 Å². The van der Waals surface area contributed by atoms with Gasteiger partial charge in [-0.2, -0.15) is 0 Å². The van der Waals surface area contributed by atoms with Crippen LogP contribution in [-0.4, -0.2) is 39.3 Å². The predicted octanol–water partition coefficient (Wildman–Crippen LogP) is 1.29. The van der Waals surface area contributed by atoms with Crippen LogP contribution in [0.25, 0.3) is 0 Å². The molecule has 1 aromatic rings. The Morgan fingerprint density at radius 3 is 3.00 bits per heavy atom. The minimum atomic E-state index is -0.914. The van der Waals surface area contributed by atoms with Crippen molar-refractivity contribution in [3.05, 3.63) is 30.1 Å². The number of likely N-dealkylation sites (tertiary alicyclic amines) is 1. The monoisotopic (exact) mass is 248 g/mol. The first-order valence-electron chi connectivity index (χ1n) is 6.22. The molecule has 2 heterocycles. The van der Waals surface area contributed by atoms with E-state index < -0.39 is 11.7 Å². The van der Waals surface area contributed by atoms with Gasteiger partial charge in [0.2, 0.25) is 0 Å². The Morgan fingerprint density at radius 2 is 2.33 bits per heavy atom. The molecule has 0 spiro atoms. The minimum absolute atomic E-state index is 0.00204. The molecule has 2 fully saturated rings. The first-order chi connectivity index (χ1) is 8.61. The quantitative estimate of drug-likeness (QED) is 0.785. The molecule has 5 heteroatoms. The van der Waals surface area contributed by atoms with Gasteiger partial charge in [0, 0.05) is 37.0 Å². The van der Waals surface area contributed by atoms with Crippen LogP contribution in [0.3, 0.4) is 0 Å². The maximum atomic E-state index is 11.0. The number of hydrogen-bond donors (Lipinski definition) is 2. The third-order valence-corrected chi connectivity index (χ3v) is 4.38. The van der Waals surface area contributed by atoms with Crippen LogP contribution in [0.5, 0.6) is 0 Å². The summed E-state index contributed by atoms with van der Waals surface area (Å²) in [4.78, 5) is 16.5. The summed E-state index contributed by atoms with van der Waals surface area (Å²) in [6.45, 7) is 0.966. The molecule has 3 atom stereocenters. The zero-order chi connectivity index (χ0) is 12.8. The molecule has 2 aliphatic rings. The second kappa shape index (κ2) is 3.95. The molecule has 0 radical (unpaired) electrons. The van der Waals surface area contributed by atoms with Gasteiger partial charge in [-0.1, -0.05) is 6.07 Å². The molecule has 5 nitrogen and oxygen atoms in total. The van der Waals surface area contributed by atoms with Crippen molar-refractivity contribution in [2.24, 2.45) is 11.8 Å². The van der Waals surface area contributed by atoms with E-state index in [-0.39, 0.29) is 11.8 Å². The molecule has 96 valence electrons. The zero-order valence-electron chi connectivity index (χ0n) is 9.99. The van der Waals surface area contributed by atoms with Crippen molar-refractivity contribution in [3.63, 3.8) is 0 Å². The normalized spacial score (nSPS) is 34.6. The maximum absolute atomic E-state index is 11.0. The lowest BCUT2D eigenvalue weighted by Gasteiger charge is -2.30.